The second-order valence-electron chi connectivity index (χ2n) is 10.5. The highest BCUT2D eigenvalue weighted by atomic mass is 31.2. The molecule has 15 heteroatoms. The summed E-state index contributed by atoms with van der Waals surface area (Å²) in [5.74, 6) is -1.15. The maximum absolute atomic E-state index is 14.0. The number of para-hydroxylation sites is 1. The molecule has 0 spiro atoms. The van der Waals surface area contributed by atoms with Gasteiger partial charge in [-0.3, -0.25) is 28.5 Å². The van der Waals surface area contributed by atoms with Gasteiger partial charge >= 0.3 is 25.4 Å². The maximum Gasteiger partial charge on any atom is 0.459 e. The molecule has 0 bridgehead atoms. The Kier molecular flexibility index (Phi) is 11.5. The standard InChI is InChI=1S/C28H37N4O10P/c1-6-7-13-23(34)41-24-21(40-26(28(24,5)17-29)32-15-14-22(33)30-27(32)36)16-38-43(37,42-20-11-9-8-10-12-20)31-19(4)25(35)39-18(2)3/h8-12,14-15,18-19,21,24,26H,6-7,13,16H2,1-5H3,(H,31,37)(H,30,33,36). The first-order valence-electron chi connectivity index (χ1n) is 13.9. The second kappa shape index (κ2) is 14.6. The summed E-state index contributed by atoms with van der Waals surface area (Å²) in [6.45, 7) is 7.53. The van der Waals surface area contributed by atoms with Crippen LogP contribution in [0.4, 0.5) is 0 Å². The van der Waals surface area contributed by atoms with E-state index in [1.54, 1.807) is 32.0 Å². The van der Waals surface area contributed by atoms with Crippen molar-refractivity contribution >= 4 is 19.7 Å². The fraction of sp³-hybridized carbons (Fsp3) is 0.536. The summed E-state index contributed by atoms with van der Waals surface area (Å²) in [6, 6.07) is 10.1. The van der Waals surface area contributed by atoms with Crippen LogP contribution in [0.3, 0.4) is 0 Å². The van der Waals surface area contributed by atoms with E-state index in [2.05, 4.69) is 16.1 Å². The normalized spacial score (nSPS) is 23.6. The lowest BCUT2D eigenvalue weighted by Gasteiger charge is -2.29. The number of ether oxygens (including phenoxy) is 3. The van der Waals surface area contributed by atoms with Gasteiger partial charge in [-0.25, -0.2) is 9.36 Å². The number of H-pyrrole nitrogens is 1. The first-order chi connectivity index (χ1) is 20.3. The van der Waals surface area contributed by atoms with Crippen molar-refractivity contribution in [2.24, 2.45) is 5.41 Å². The summed E-state index contributed by atoms with van der Waals surface area (Å²) in [4.78, 5) is 51.6. The minimum absolute atomic E-state index is 0.0675. The molecule has 0 amide bonds. The van der Waals surface area contributed by atoms with E-state index in [9.17, 15) is 29.0 Å². The molecule has 3 rings (SSSR count). The largest absolute Gasteiger partial charge is 0.462 e. The number of carbonyl (C=O) groups excluding carboxylic acids is 2. The Hall–Kier alpha value is -3.76. The topological polar surface area (TPSA) is 188 Å². The molecule has 1 saturated heterocycles. The van der Waals surface area contributed by atoms with Crippen molar-refractivity contribution < 1.29 is 37.4 Å². The van der Waals surface area contributed by atoms with Crippen LogP contribution in [-0.2, 0) is 32.9 Å². The van der Waals surface area contributed by atoms with Crippen molar-refractivity contribution in [3.63, 3.8) is 0 Å². The number of unbranched alkanes of at least 4 members (excludes halogenated alkanes) is 1. The lowest BCUT2D eigenvalue weighted by molar-refractivity contribution is -0.156. The molecule has 6 unspecified atom stereocenters. The molecule has 1 aromatic carbocycles. The molecule has 0 radical (unpaired) electrons. The monoisotopic (exact) mass is 620 g/mol. The number of aromatic amines is 1. The van der Waals surface area contributed by atoms with Crippen molar-refractivity contribution in [1.82, 2.24) is 14.6 Å². The van der Waals surface area contributed by atoms with Gasteiger partial charge in [0.05, 0.1) is 18.8 Å². The van der Waals surface area contributed by atoms with Gasteiger partial charge in [-0.15, -0.1) is 0 Å². The van der Waals surface area contributed by atoms with Crippen LogP contribution in [0.25, 0.3) is 0 Å². The van der Waals surface area contributed by atoms with Crippen LogP contribution >= 0.6 is 7.75 Å². The van der Waals surface area contributed by atoms with Crippen LogP contribution in [0.15, 0.2) is 52.2 Å². The van der Waals surface area contributed by atoms with E-state index in [1.807, 2.05) is 6.92 Å². The highest BCUT2D eigenvalue weighted by molar-refractivity contribution is 7.52. The minimum Gasteiger partial charge on any atom is -0.462 e. The molecule has 2 heterocycles. The molecule has 6 atom stereocenters. The Balaban J connectivity index is 1.95. The van der Waals surface area contributed by atoms with Crippen LogP contribution in [0.1, 0.15) is 60.1 Å². The number of benzene rings is 1. The third-order valence-corrected chi connectivity index (χ3v) is 8.16. The summed E-state index contributed by atoms with van der Waals surface area (Å²) in [6.07, 6.45) is -1.80. The summed E-state index contributed by atoms with van der Waals surface area (Å²) in [5.41, 5.74) is -3.16. The molecular weight excluding hydrogens is 583 g/mol. The van der Waals surface area contributed by atoms with E-state index < -0.39 is 73.5 Å². The maximum atomic E-state index is 14.0. The molecule has 0 saturated carbocycles. The Morgan fingerprint density at radius 2 is 1.91 bits per heavy atom. The molecule has 2 aromatic rings. The van der Waals surface area contributed by atoms with Crippen LogP contribution in [-0.4, -0.2) is 52.5 Å². The number of carbonyl (C=O) groups is 2. The third-order valence-electron chi connectivity index (χ3n) is 6.52. The lowest BCUT2D eigenvalue weighted by atomic mass is 9.83. The Morgan fingerprint density at radius 1 is 1.21 bits per heavy atom. The van der Waals surface area contributed by atoms with Gasteiger partial charge in [0.25, 0.3) is 5.56 Å². The highest BCUT2D eigenvalue weighted by Crippen LogP contribution is 2.49. The van der Waals surface area contributed by atoms with Crippen molar-refractivity contribution in [3.8, 4) is 11.8 Å². The van der Waals surface area contributed by atoms with Crippen LogP contribution in [0.5, 0.6) is 5.75 Å². The van der Waals surface area contributed by atoms with E-state index in [4.69, 9.17) is 23.3 Å². The van der Waals surface area contributed by atoms with Crippen molar-refractivity contribution in [1.29, 1.82) is 5.26 Å². The highest BCUT2D eigenvalue weighted by Gasteiger charge is 2.58. The summed E-state index contributed by atoms with van der Waals surface area (Å²) in [7, 11) is -4.35. The zero-order valence-electron chi connectivity index (χ0n) is 24.7. The van der Waals surface area contributed by atoms with Gasteiger partial charge in [0.15, 0.2) is 12.3 Å². The minimum atomic E-state index is -4.35. The predicted molar refractivity (Wildman–Crippen MR) is 153 cm³/mol. The van der Waals surface area contributed by atoms with Crippen molar-refractivity contribution in [3.05, 3.63) is 63.4 Å². The number of nitriles is 1. The van der Waals surface area contributed by atoms with Gasteiger partial charge in [0.1, 0.15) is 23.3 Å². The van der Waals surface area contributed by atoms with Crippen LogP contribution in [0.2, 0.25) is 0 Å². The smallest absolute Gasteiger partial charge is 0.459 e. The molecule has 1 fully saturated rings. The first-order valence-corrected chi connectivity index (χ1v) is 15.4. The van der Waals surface area contributed by atoms with Gasteiger partial charge in [-0.2, -0.15) is 10.3 Å². The SMILES string of the molecule is CCCCC(=O)OC1C(COP(=O)(NC(C)C(=O)OC(C)C)Oc2ccccc2)OC(n2ccc(=O)[nH]c2=O)C1(C)C#N. The molecule has 2 N–H and O–H groups in total. The first kappa shape index (κ1) is 33.7. The number of esters is 2. The number of hydrogen-bond acceptors (Lipinski definition) is 11. The Bertz CT molecular complexity index is 1470. The zero-order valence-corrected chi connectivity index (χ0v) is 25.6. The fourth-order valence-corrected chi connectivity index (χ4v) is 5.84. The number of nitrogens with zero attached hydrogens (tertiary/aromatic N) is 2. The van der Waals surface area contributed by atoms with Crippen molar-refractivity contribution in [2.75, 3.05) is 6.61 Å². The third kappa shape index (κ3) is 8.64. The van der Waals surface area contributed by atoms with Gasteiger partial charge in [-0.1, -0.05) is 31.5 Å². The molecule has 234 valence electrons. The van der Waals surface area contributed by atoms with E-state index in [-0.39, 0.29) is 12.2 Å². The van der Waals surface area contributed by atoms with Crippen LogP contribution < -0.4 is 20.9 Å². The molecule has 1 aliphatic rings. The molecular formula is C28H37N4O10P. The Morgan fingerprint density at radius 3 is 2.51 bits per heavy atom. The van der Waals surface area contributed by atoms with Gasteiger partial charge in [-0.05, 0) is 46.2 Å². The van der Waals surface area contributed by atoms with E-state index >= 15 is 0 Å². The Labute approximate surface area is 248 Å². The fourth-order valence-electron chi connectivity index (χ4n) is 4.34. The molecule has 14 nitrogen and oxygen atoms in total. The average Bonchev–Trinajstić information content (AvgIpc) is 3.22. The van der Waals surface area contributed by atoms with Crippen molar-refractivity contribution in [2.45, 2.75) is 84.5 Å². The summed E-state index contributed by atoms with van der Waals surface area (Å²) < 4.78 is 43.4. The molecule has 43 heavy (non-hydrogen) atoms. The molecule has 1 aliphatic heterocycles. The quantitative estimate of drug-likeness (QED) is 0.232. The van der Waals surface area contributed by atoms with Gasteiger partial charge < -0.3 is 18.7 Å². The van der Waals surface area contributed by atoms with E-state index in [0.29, 0.717) is 6.42 Å². The molecule has 0 aliphatic carbocycles. The van der Waals surface area contributed by atoms with E-state index in [1.165, 1.54) is 26.0 Å². The number of nitrogens with one attached hydrogen (secondary N) is 2. The van der Waals surface area contributed by atoms with Crippen LogP contribution in [0, 0.1) is 16.7 Å². The zero-order chi connectivity index (χ0) is 31.8. The summed E-state index contributed by atoms with van der Waals surface area (Å²) in [5, 5.41) is 12.8. The average molecular weight is 621 g/mol. The lowest BCUT2D eigenvalue weighted by Crippen LogP contribution is -2.43. The predicted octanol–water partition coefficient (Wildman–Crippen LogP) is 3.20. The molecule has 1 aromatic heterocycles. The van der Waals surface area contributed by atoms with Gasteiger partial charge in [0.2, 0.25) is 0 Å². The van der Waals surface area contributed by atoms with E-state index in [0.717, 1.165) is 23.3 Å². The number of hydrogen-bond donors (Lipinski definition) is 2. The van der Waals surface area contributed by atoms with Gasteiger partial charge in [0, 0.05) is 18.7 Å². The number of rotatable bonds is 14. The number of aromatic nitrogens is 2. The second-order valence-corrected chi connectivity index (χ2v) is 12.2. The summed E-state index contributed by atoms with van der Waals surface area (Å²) >= 11 is 0.